The molecule has 9 nitrogen and oxygen atoms in total. The summed E-state index contributed by atoms with van der Waals surface area (Å²) in [6, 6.07) is 12.9. The minimum absolute atomic E-state index is 0.00485. The van der Waals surface area contributed by atoms with Crippen molar-refractivity contribution in [1.29, 1.82) is 0 Å². The number of methoxy groups -OCH3 is 1. The molecule has 29 heavy (non-hydrogen) atoms. The van der Waals surface area contributed by atoms with Crippen LogP contribution in [-0.4, -0.2) is 29.0 Å². The third kappa shape index (κ3) is 4.82. The SMILES string of the molecule is COc1cc(/C(C)=N\N=C(/N)c2nonc2N)ccc1OCc1ccccc1Cl. The van der Waals surface area contributed by atoms with Gasteiger partial charge < -0.3 is 20.9 Å². The van der Waals surface area contributed by atoms with Gasteiger partial charge in [-0.05, 0) is 41.5 Å². The van der Waals surface area contributed by atoms with Crippen LogP contribution in [0, 0.1) is 0 Å². The van der Waals surface area contributed by atoms with Gasteiger partial charge in [-0.2, -0.15) is 5.10 Å². The van der Waals surface area contributed by atoms with Gasteiger partial charge in [0, 0.05) is 16.1 Å². The first-order valence-corrected chi connectivity index (χ1v) is 8.88. The van der Waals surface area contributed by atoms with Crippen LogP contribution in [-0.2, 0) is 6.61 Å². The van der Waals surface area contributed by atoms with Crippen molar-refractivity contribution >= 4 is 29.0 Å². The molecule has 0 fully saturated rings. The van der Waals surface area contributed by atoms with Crippen molar-refractivity contribution in [2.24, 2.45) is 15.9 Å². The Morgan fingerprint density at radius 3 is 2.62 bits per heavy atom. The third-order valence-corrected chi connectivity index (χ3v) is 4.36. The average Bonchev–Trinajstić information content (AvgIpc) is 3.17. The van der Waals surface area contributed by atoms with Gasteiger partial charge in [-0.3, -0.25) is 0 Å². The molecule has 2 aromatic carbocycles. The summed E-state index contributed by atoms with van der Waals surface area (Å²) in [6.45, 7) is 2.09. The third-order valence-electron chi connectivity index (χ3n) is 3.99. The van der Waals surface area contributed by atoms with Crippen molar-refractivity contribution in [1.82, 2.24) is 10.3 Å². The predicted molar refractivity (Wildman–Crippen MR) is 110 cm³/mol. The number of anilines is 1. The van der Waals surface area contributed by atoms with Crippen LogP contribution in [0.15, 0.2) is 57.3 Å². The number of ether oxygens (including phenoxy) is 2. The fourth-order valence-electron chi connectivity index (χ4n) is 2.39. The van der Waals surface area contributed by atoms with Gasteiger partial charge in [0.05, 0.1) is 12.8 Å². The van der Waals surface area contributed by atoms with Crippen molar-refractivity contribution in [2.45, 2.75) is 13.5 Å². The monoisotopic (exact) mass is 414 g/mol. The average molecular weight is 415 g/mol. The second-order valence-corrected chi connectivity index (χ2v) is 6.32. The highest BCUT2D eigenvalue weighted by Gasteiger charge is 2.11. The first-order chi connectivity index (χ1) is 14.0. The van der Waals surface area contributed by atoms with Crippen LogP contribution in [0.2, 0.25) is 5.02 Å². The maximum Gasteiger partial charge on any atom is 0.199 e. The quantitative estimate of drug-likeness (QED) is 0.344. The van der Waals surface area contributed by atoms with Gasteiger partial charge in [0.15, 0.2) is 28.8 Å². The fourth-order valence-corrected chi connectivity index (χ4v) is 2.58. The number of nitrogens with zero attached hydrogens (tertiary/aromatic N) is 4. The summed E-state index contributed by atoms with van der Waals surface area (Å²) in [5, 5.41) is 15.7. The summed E-state index contributed by atoms with van der Waals surface area (Å²) in [6.07, 6.45) is 0. The molecule has 3 rings (SSSR count). The maximum absolute atomic E-state index is 6.17. The number of aromatic nitrogens is 2. The van der Waals surface area contributed by atoms with Gasteiger partial charge in [-0.1, -0.05) is 29.8 Å². The molecule has 0 saturated carbocycles. The molecule has 0 bridgehead atoms. The molecular formula is C19H19ClN6O3. The maximum atomic E-state index is 6.17. The molecule has 0 amide bonds. The van der Waals surface area contributed by atoms with Gasteiger partial charge in [0.25, 0.3) is 0 Å². The largest absolute Gasteiger partial charge is 0.493 e. The van der Waals surface area contributed by atoms with E-state index in [-0.39, 0.29) is 17.3 Å². The molecular weight excluding hydrogens is 396 g/mol. The number of rotatable bonds is 7. The van der Waals surface area contributed by atoms with Crippen LogP contribution in [0.1, 0.15) is 23.7 Å². The van der Waals surface area contributed by atoms with Crippen molar-refractivity contribution in [2.75, 3.05) is 12.8 Å². The fraction of sp³-hybridized carbons (Fsp3) is 0.158. The molecule has 1 aromatic heterocycles. The van der Waals surface area contributed by atoms with E-state index in [0.717, 1.165) is 11.1 Å². The lowest BCUT2D eigenvalue weighted by Gasteiger charge is -2.12. The van der Waals surface area contributed by atoms with Crippen LogP contribution in [0.4, 0.5) is 5.82 Å². The second-order valence-electron chi connectivity index (χ2n) is 5.91. The summed E-state index contributed by atoms with van der Waals surface area (Å²) >= 11 is 6.17. The van der Waals surface area contributed by atoms with Crippen molar-refractivity contribution in [3.63, 3.8) is 0 Å². The molecule has 0 spiro atoms. The van der Waals surface area contributed by atoms with E-state index in [1.165, 1.54) is 0 Å². The van der Waals surface area contributed by atoms with E-state index in [9.17, 15) is 0 Å². The number of nitrogen functional groups attached to an aromatic ring is 1. The zero-order valence-electron chi connectivity index (χ0n) is 15.8. The van der Waals surface area contributed by atoms with E-state index in [0.29, 0.717) is 28.8 Å². The lowest BCUT2D eigenvalue weighted by atomic mass is 10.1. The van der Waals surface area contributed by atoms with Crippen LogP contribution in [0.3, 0.4) is 0 Å². The Kier molecular flexibility index (Phi) is 6.30. The smallest absolute Gasteiger partial charge is 0.199 e. The lowest BCUT2D eigenvalue weighted by Crippen LogP contribution is -2.15. The van der Waals surface area contributed by atoms with Gasteiger partial charge in [-0.15, -0.1) is 5.10 Å². The van der Waals surface area contributed by atoms with E-state index in [2.05, 4.69) is 25.1 Å². The Morgan fingerprint density at radius 1 is 1.14 bits per heavy atom. The summed E-state index contributed by atoms with van der Waals surface area (Å²) in [5.74, 6) is 1.16. The Bertz CT molecular complexity index is 1060. The molecule has 3 aromatic rings. The van der Waals surface area contributed by atoms with Gasteiger partial charge in [-0.25, -0.2) is 4.63 Å². The normalized spacial score (nSPS) is 12.1. The first kappa shape index (κ1) is 20.2. The molecule has 0 aliphatic heterocycles. The minimum atomic E-state index is -0.00485. The number of hydrogen-bond donors (Lipinski definition) is 2. The molecule has 0 radical (unpaired) electrons. The lowest BCUT2D eigenvalue weighted by molar-refractivity contribution is 0.284. The molecule has 0 unspecified atom stereocenters. The predicted octanol–water partition coefficient (Wildman–Crippen LogP) is 3.02. The summed E-state index contributed by atoms with van der Waals surface area (Å²) in [5.41, 5.74) is 13.8. The summed E-state index contributed by atoms with van der Waals surface area (Å²) in [4.78, 5) is 0. The molecule has 10 heteroatoms. The minimum Gasteiger partial charge on any atom is -0.493 e. The van der Waals surface area contributed by atoms with Gasteiger partial charge >= 0.3 is 0 Å². The molecule has 0 aliphatic carbocycles. The van der Waals surface area contributed by atoms with Crippen LogP contribution >= 0.6 is 11.6 Å². The number of benzene rings is 2. The van der Waals surface area contributed by atoms with Gasteiger partial charge in [0.2, 0.25) is 0 Å². The van der Waals surface area contributed by atoms with E-state index < -0.39 is 0 Å². The molecule has 1 heterocycles. The number of halogens is 1. The molecule has 0 aliphatic rings. The van der Waals surface area contributed by atoms with Crippen molar-refractivity contribution in [3.05, 3.63) is 64.3 Å². The first-order valence-electron chi connectivity index (χ1n) is 8.50. The zero-order valence-corrected chi connectivity index (χ0v) is 16.6. The second kappa shape index (κ2) is 9.07. The van der Waals surface area contributed by atoms with Crippen molar-refractivity contribution < 1.29 is 14.1 Å². The highest BCUT2D eigenvalue weighted by Crippen LogP contribution is 2.30. The van der Waals surface area contributed by atoms with Crippen LogP contribution in [0.25, 0.3) is 0 Å². The number of hydrogen-bond acceptors (Lipinski definition) is 8. The molecule has 0 atom stereocenters. The Hall–Kier alpha value is -3.59. The Morgan fingerprint density at radius 2 is 1.93 bits per heavy atom. The highest BCUT2D eigenvalue weighted by molar-refractivity contribution is 6.31. The molecule has 4 N–H and O–H groups in total. The van der Waals surface area contributed by atoms with E-state index in [4.69, 9.17) is 32.5 Å². The topological polar surface area (TPSA) is 134 Å². The Balaban J connectivity index is 1.77. The van der Waals surface area contributed by atoms with Crippen LogP contribution < -0.4 is 20.9 Å². The van der Waals surface area contributed by atoms with E-state index in [1.54, 1.807) is 26.2 Å². The summed E-state index contributed by atoms with van der Waals surface area (Å²) < 4.78 is 15.8. The van der Waals surface area contributed by atoms with Gasteiger partial charge in [0.1, 0.15) is 6.61 Å². The molecule has 150 valence electrons. The van der Waals surface area contributed by atoms with E-state index >= 15 is 0 Å². The highest BCUT2D eigenvalue weighted by atomic mass is 35.5. The van der Waals surface area contributed by atoms with E-state index in [1.807, 2.05) is 30.3 Å². The van der Waals surface area contributed by atoms with Crippen molar-refractivity contribution in [3.8, 4) is 11.5 Å². The zero-order chi connectivity index (χ0) is 20.8. The number of amidine groups is 1. The number of nitrogens with two attached hydrogens (primary N) is 2. The summed E-state index contributed by atoms with van der Waals surface area (Å²) in [7, 11) is 1.56. The Labute approximate surface area is 171 Å². The standard InChI is InChI=1S/C19H19ClN6O3/c1-11(23-24-18(21)17-19(22)26-29-25-17)12-7-8-15(16(9-12)27-2)28-10-13-5-3-4-6-14(13)20/h3-9H,10H2,1-2H3,(H2,21,24)(H2,22,26)/b23-11-. The van der Waals surface area contributed by atoms with Crippen LogP contribution in [0.5, 0.6) is 11.5 Å². The molecule has 0 saturated heterocycles.